The molecular weight excluding hydrogens is 304 g/mol. The van der Waals surface area contributed by atoms with Gasteiger partial charge in [-0.2, -0.15) is 0 Å². The lowest BCUT2D eigenvalue weighted by Gasteiger charge is -2.08. The Morgan fingerprint density at radius 3 is 2.17 bits per heavy atom. The van der Waals surface area contributed by atoms with E-state index in [0.717, 1.165) is 0 Å². The molecule has 5 heteroatoms. The fraction of sp³-hybridized carbons (Fsp3) is 0.0769. The van der Waals surface area contributed by atoms with Gasteiger partial charge in [-0.05, 0) is 29.8 Å². The lowest BCUT2D eigenvalue weighted by Crippen LogP contribution is -1.97. The van der Waals surface area contributed by atoms with Gasteiger partial charge in [-0.3, -0.25) is 0 Å². The fourth-order valence-electron chi connectivity index (χ4n) is 1.52. The Hall–Kier alpha value is -1.46. The van der Waals surface area contributed by atoms with E-state index in [1.165, 1.54) is 24.3 Å². The summed E-state index contributed by atoms with van der Waals surface area (Å²) in [6, 6.07) is 8.28. The highest BCUT2D eigenvalue weighted by atomic mass is 79.9. The van der Waals surface area contributed by atoms with Gasteiger partial charge in [-0.1, -0.05) is 15.9 Å². The number of nitrogens with two attached hydrogens (primary N) is 1. The summed E-state index contributed by atoms with van der Waals surface area (Å²) in [6.45, 7) is 0.209. The number of hydrogen-bond donors (Lipinski definition) is 1. The average molecular weight is 314 g/mol. The van der Waals surface area contributed by atoms with Crippen molar-refractivity contribution < 1.29 is 13.5 Å². The van der Waals surface area contributed by atoms with Crippen LogP contribution in [0.25, 0.3) is 0 Å². The first kappa shape index (κ1) is 13.0. The molecule has 2 aromatic rings. The van der Waals surface area contributed by atoms with Gasteiger partial charge in [0.05, 0.1) is 0 Å². The summed E-state index contributed by atoms with van der Waals surface area (Å²) in [5.74, 6) is -0.304. The molecule has 0 heterocycles. The average Bonchev–Trinajstić information content (AvgIpc) is 2.26. The van der Waals surface area contributed by atoms with Crippen LogP contribution in [0.2, 0.25) is 0 Å². The van der Waals surface area contributed by atoms with Crippen LogP contribution in [-0.4, -0.2) is 0 Å². The number of rotatable bonds is 3. The molecule has 0 spiro atoms. The van der Waals surface area contributed by atoms with E-state index in [1.54, 1.807) is 12.1 Å². The molecule has 0 aliphatic heterocycles. The van der Waals surface area contributed by atoms with Crippen LogP contribution in [0.3, 0.4) is 0 Å². The highest BCUT2D eigenvalue weighted by molar-refractivity contribution is 9.10. The molecule has 0 aliphatic rings. The van der Waals surface area contributed by atoms with E-state index >= 15 is 0 Å². The molecule has 0 atom stereocenters. The molecule has 0 amide bonds. The Balaban J connectivity index is 2.30. The quantitative estimate of drug-likeness (QED) is 0.930. The SMILES string of the molecule is NCc1cc(F)cc(Oc2cc(F)cc(Br)c2)c1. The molecular formula is C13H10BrF2NO. The first-order valence-corrected chi connectivity index (χ1v) is 5.99. The van der Waals surface area contributed by atoms with Crippen molar-refractivity contribution in [3.8, 4) is 11.5 Å². The fourth-order valence-corrected chi connectivity index (χ4v) is 1.97. The largest absolute Gasteiger partial charge is 0.457 e. The minimum atomic E-state index is -0.441. The van der Waals surface area contributed by atoms with Crippen LogP contribution in [0.15, 0.2) is 40.9 Å². The number of hydrogen-bond acceptors (Lipinski definition) is 2. The van der Waals surface area contributed by atoms with E-state index in [1.807, 2.05) is 0 Å². The summed E-state index contributed by atoms with van der Waals surface area (Å²) in [4.78, 5) is 0. The molecule has 0 saturated heterocycles. The summed E-state index contributed by atoms with van der Waals surface area (Å²) in [6.07, 6.45) is 0. The third-order valence-corrected chi connectivity index (χ3v) is 2.70. The molecule has 0 aromatic heterocycles. The van der Waals surface area contributed by atoms with Crippen molar-refractivity contribution in [1.29, 1.82) is 0 Å². The molecule has 0 saturated carbocycles. The standard InChI is InChI=1S/C13H10BrF2NO/c14-9-3-11(16)6-13(4-9)18-12-2-8(7-17)1-10(15)5-12/h1-6H,7,17H2. The Kier molecular flexibility index (Phi) is 3.93. The highest BCUT2D eigenvalue weighted by Crippen LogP contribution is 2.27. The van der Waals surface area contributed by atoms with Crippen molar-refractivity contribution in [3.63, 3.8) is 0 Å². The van der Waals surface area contributed by atoms with Gasteiger partial charge in [0, 0.05) is 23.2 Å². The molecule has 2 aromatic carbocycles. The molecule has 2 nitrogen and oxygen atoms in total. The van der Waals surface area contributed by atoms with Crippen LogP contribution in [0, 0.1) is 11.6 Å². The zero-order chi connectivity index (χ0) is 13.1. The first-order valence-electron chi connectivity index (χ1n) is 5.20. The predicted molar refractivity (Wildman–Crippen MR) is 68.5 cm³/mol. The van der Waals surface area contributed by atoms with Gasteiger partial charge in [-0.15, -0.1) is 0 Å². The zero-order valence-electron chi connectivity index (χ0n) is 9.29. The van der Waals surface area contributed by atoms with Crippen LogP contribution in [-0.2, 0) is 6.54 Å². The third-order valence-electron chi connectivity index (χ3n) is 2.24. The van der Waals surface area contributed by atoms with Crippen LogP contribution < -0.4 is 10.5 Å². The molecule has 0 bridgehead atoms. The van der Waals surface area contributed by atoms with E-state index in [-0.39, 0.29) is 18.0 Å². The normalized spacial score (nSPS) is 10.4. The van der Waals surface area contributed by atoms with Crippen molar-refractivity contribution >= 4 is 15.9 Å². The number of ether oxygens (including phenoxy) is 1. The smallest absolute Gasteiger partial charge is 0.131 e. The number of halogens is 3. The second-order valence-corrected chi connectivity index (χ2v) is 4.62. The van der Waals surface area contributed by atoms with E-state index in [0.29, 0.717) is 10.0 Å². The third kappa shape index (κ3) is 3.27. The number of benzene rings is 2. The maximum Gasteiger partial charge on any atom is 0.131 e. The Bertz CT molecular complexity index is 555. The van der Waals surface area contributed by atoms with Gasteiger partial charge in [0.2, 0.25) is 0 Å². The maximum absolute atomic E-state index is 13.3. The molecule has 18 heavy (non-hydrogen) atoms. The lowest BCUT2D eigenvalue weighted by atomic mass is 10.2. The van der Waals surface area contributed by atoms with Crippen molar-refractivity contribution in [2.24, 2.45) is 5.73 Å². The Labute approximate surface area is 112 Å². The Morgan fingerprint density at radius 1 is 0.944 bits per heavy atom. The second kappa shape index (κ2) is 5.46. The zero-order valence-corrected chi connectivity index (χ0v) is 10.9. The monoisotopic (exact) mass is 313 g/mol. The summed E-state index contributed by atoms with van der Waals surface area (Å²) < 4.78 is 32.4. The van der Waals surface area contributed by atoms with Gasteiger partial charge < -0.3 is 10.5 Å². The van der Waals surface area contributed by atoms with Gasteiger partial charge in [0.15, 0.2) is 0 Å². The summed E-state index contributed by atoms with van der Waals surface area (Å²) >= 11 is 3.15. The Morgan fingerprint density at radius 2 is 1.56 bits per heavy atom. The minimum Gasteiger partial charge on any atom is -0.457 e. The molecule has 0 radical (unpaired) electrons. The lowest BCUT2D eigenvalue weighted by molar-refractivity contribution is 0.470. The van der Waals surface area contributed by atoms with E-state index in [2.05, 4.69) is 15.9 Å². The minimum absolute atomic E-state index is 0.209. The van der Waals surface area contributed by atoms with Crippen molar-refractivity contribution in [2.45, 2.75) is 6.54 Å². The molecule has 94 valence electrons. The van der Waals surface area contributed by atoms with Crippen LogP contribution in [0.5, 0.6) is 11.5 Å². The van der Waals surface area contributed by atoms with Gasteiger partial charge in [0.25, 0.3) is 0 Å². The first-order chi connectivity index (χ1) is 8.56. The van der Waals surface area contributed by atoms with Crippen molar-refractivity contribution in [2.75, 3.05) is 0 Å². The van der Waals surface area contributed by atoms with Gasteiger partial charge in [0.1, 0.15) is 23.1 Å². The van der Waals surface area contributed by atoms with E-state index in [4.69, 9.17) is 10.5 Å². The topological polar surface area (TPSA) is 35.2 Å². The molecule has 0 aliphatic carbocycles. The van der Waals surface area contributed by atoms with Gasteiger partial charge >= 0.3 is 0 Å². The molecule has 0 fully saturated rings. The molecule has 0 unspecified atom stereocenters. The van der Waals surface area contributed by atoms with Crippen LogP contribution in [0.1, 0.15) is 5.56 Å². The van der Waals surface area contributed by atoms with Crippen LogP contribution in [0.4, 0.5) is 8.78 Å². The van der Waals surface area contributed by atoms with E-state index in [9.17, 15) is 8.78 Å². The highest BCUT2D eigenvalue weighted by Gasteiger charge is 2.05. The molecule has 2 rings (SSSR count). The van der Waals surface area contributed by atoms with Crippen LogP contribution >= 0.6 is 15.9 Å². The second-order valence-electron chi connectivity index (χ2n) is 3.71. The van der Waals surface area contributed by atoms with Crippen molar-refractivity contribution in [3.05, 3.63) is 58.1 Å². The summed E-state index contributed by atoms with van der Waals surface area (Å²) in [5.41, 5.74) is 6.05. The maximum atomic E-state index is 13.3. The van der Waals surface area contributed by atoms with E-state index < -0.39 is 11.6 Å². The predicted octanol–water partition coefficient (Wildman–Crippen LogP) is 3.98. The summed E-state index contributed by atoms with van der Waals surface area (Å²) in [7, 11) is 0. The van der Waals surface area contributed by atoms with Gasteiger partial charge in [-0.25, -0.2) is 8.78 Å². The van der Waals surface area contributed by atoms with Crippen molar-refractivity contribution in [1.82, 2.24) is 0 Å². The molecule has 2 N–H and O–H groups in total. The summed E-state index contributed by atoms with van der Waals surface area (Å²) in [5, 5.41) is 0.